The van der Waals surface area contributed by atoms with Crippen LogP contribution in [-0.2, 0) is 16.4 Å². The van der Waals surface area contributed by atoms with Crippen LogP contribution in [0, 0.1) is 0 Å². The minimum Gasteiger partial charge on any atom is -0.339 e. The van der Waals surface area contributed by atoms with Crippen LogP contribution in [0.3, 0.4) is 0 Å². The second kappa shape index (κ2) is 9.59. The Kier molecular flexibility index (Phi) is 6.90. The number of likely N-dealkylation sites (N-methyl/N-ethyl adjacent to an activating group) is 1. The average molecular weight is 423 g/mol. The van der Waals surface area contributed by atoms with Crippen molar-refractivity contribution < 1.29 is 13.2 Å². The topological polar surface area (TPSA) is 57.7 Å². The minimum atomic E-state index is -3.77. The second-order valence-corrected chi connectivity index (χ2v) is 8.93. The van der Waals surface area contributed by atoms with Gasteiger partial charge in [-0.1, -0.05) is 54.6 Å². The SMILES string of the molecule is CCN(CCc1ccccc1)C(=O)c1cccc(S(=O)(=O)N(C)c2ccccc2)c1. The first-order valence-electron chi connectivity index (χ1n) is 9.90. The van der Waals surface area contributed by atoms with E-state index in [1.807, 2.05) is 43.3 Å². The molecular weight excluding hydrogens is 396 g/mol. The van der Waals surface area contributed by atoms with Crippen molar-refractivity contribution in [3.05, 3.63) is 96.1 Å². The first kappa shape index (κ1) is 21.6. The Hall–Kier alpha value is -3.12. The predicted octanol–water partition coefficient (Wildman–Crippen LogP) is 4.22. The molecule has 0 aliphatic rings. The van der Waals surface area contributed by atoms with Crippen molar-refractivity contribution in [1.82, 2.24) is 4.90 Å². The second-order valence-electron chi connectivity index (χ2n) is 6.96. The van der Waals surface area contributed by atoms with Crippen LogP contribution in [0.1, 0.15) is 22.8 Å². The van der Waals surface area contributed by atoms with E-state index in [1.54, 1.807) is 41.3 Å². The van der Waals surface area contributed by atoms with Crippen LogP contribution >= 0.6 is 0 Å². The number of hydrogen-bond acceptors (Lipinski definition) is 3. The number of carbonyl (C=O) groups is 1. The Labute approximate surface area is 178 Å². The number of nitrogens with zero attached hydrogens (tertiary/aromatic N) is 2. The van der Waals surface area contributed by atoms with Crippen molar-refractivity contribution in [3.8, 4) is 0 Å². The fourth-order valence-electron chi connectivity index (χ4n) is 3.22. The molecule has 30 heavy (non-hydrogen) atoms. The predicted molar refractivity (Wildman–Crippen MR) is 120 cm³/mol. The molecule has 0 fully saturated rings. The summed E-state index contributed by atoms with van der Waals surface area (Å²) in [4.78, 5) is 14.9. The smallest absolute Gasteiger partial charge is 0.264 e. The number of hydrogen-bond donors (Lipinski definition) is 0. The maximum Gasteiger partial charge on any atom is 0.264 e. The third-order valence-electron chi connectivity index (χ3n) is 5.04. The molecule has 3 aromatic carbocycles. The molecule has 0 aliphatic carbocycles. The third kappa shape index (κ3) is 4.89. The van der Waals surface area contributed by atoms with Gasteiger partial charge in [-0.25, -0.2) is 8.42 Å². The molecule has 0 saturated carbocycles. The number of benzene rings is 3. The normalized spacial score (nSPS) is 11.1. The van der Waals surface area contributed by atoms with Crippen LogP contribution in [0.15, 0.2) is 89.8 Å². The van der Waals surface area contributed by atoms with Gasteiger partial charge in [0.05, 0.1) is 10.6 Å². The average Bonchev–Trinajstić information content (AvgIpc) is 2.80. The van der Waals surface area contributed by atoms with E-state index in [4.69, 9.17) is 0 Å². The van der Waals surface area contributed by atoms with Crippen molar-refractivity contribution in [2.24, 2.45) is 0 Å². The molecule has 6 heteroatoms. The standard InChI is InChI=1S/C24H26N2O3S/c1-3-26(18-17-20-11-6-4-7-12-20)24(27)21-13-10-16-23(19-21)30(28,29)25(2)22-14-8-5-9-15-22/h4-16,19H,3,17-18H2,1-2H3. The first-order valence-corrected chi connectivity index (χ1v) is 11.3. The highest BCUT2D eigenvalue weighted by molar-refractivity contribution is 7.92. The Morgan fingerprint density at radius 3 is 2.13 bits per heavy atom. The highest BCUT2D eigenvalue weighted by atomic mass is 32.2. The fourth-order valence-corrected chi connectivity index (χ4v) is 4.46. The van der Waals surface area contributed by atoms with E-state index < -0.39 is 10.0 Å². The maximum atomic E-state index is 13.1. The van der Waals surface area contributed by atoms with Gasteiger partial charge in [0.15, 0.2) is 0 Å². The molecule has 0 radical (unpaired) electrons. The van der Waals surface area contributed by atoms with Crippen molar-refractivity contribution in [3.63, 3.8) is 0 Å². The molecule has 0 saturated heterocycles. The van der Waals surface area contributed by atoms with Gasteiger partial charge in [0.1, 0.15) is 0 Å². The number of amides is 1. The van der Waals surface area contributed by atoms with Gasteiger partial charge in [-0.3, -0.25) is 9.10 Å². The number of sulfonamides is 1. The van der Waals surface area contributed by atoms with Crippen LogP contribution in [0.5, 0.6) is 0 Å². The summed E-state index contributed by atoms with van der Waals surface area (Å²) in [5.74, 6) is -0.173. The zero-order valence-electron chi connectivity index (χ0n) is 17.2. The fraction of sp³-hybridized carbons (Fsp3) is 0.208. The molecule has 0 bridgehead atoms. The summed E-state index contributed by atoms with van der Waals surface area (Å²) >= 11 is 0. The van der Waals surface area contributed by atoms with E-state index in [0.29, 0.717) is 24.3 Å². The summed E-state index contributed by atoms with van der Waals surface area (Å²) < 4.78 is 27.3. The Morgan fingerprint density at radius 2 is 1.50 bits per heavy atom. The Morgan fingerprint density at radius 1 is 0.867 bits per heavy atom. The van der Waals surface area contributed by atoms with Crippen LogP contribution in [-0.4, -0.2) is 39.4 Å². The highest BCUT2D eigenvalue weighted by Gasteiger charge is 2.23. The molecule has 0 unspecified atom stereocenters. The minimum absolute atomic E-state index is 0.0961. The van der Waals surface area contributed by atoms with Crippen LogP contribution < -0.4 is 4.31 Å². The largest absolute Gasteiger partial charge is 0.339 e. The molecule has 1 amide bonds. The summed E-state index contributed by atoms with van der Waals surface area (Å²) in [6.45, 7) is 3.04. The van der Waals surface area contributed by atoms with Gasteiger partial charge in [-0.05, 0) is 49.2 Å². The number of rotatable bonds is 8. The summed E-state index contributed by atoms with van der Waals surface area (Å²) in [7, 11) is -2.26. The molecule has 5 nitrogen and oxygen atoms in total. The van der Waals surface area contributed by atoms with Crippen LogP contribution in [0.4, 0.5) is 5.69 Å². The molecule has 0 aromatic heterocycles. The summed E-state index contributed by atoms with van der Waals surface area (Å²) in [6.07, 6.45) is 0.745. The Balaban J connectivity index is 1.80. The lowest BCUT2D eigenvalue weighted by molar-refractivity contribution is 0.0766. The van der Waals surface area contributed by atoms with Gasteiger partial charge < -0.3 is 4.90 Å². The lowest BCUT2D eigenvalue weighted by Gasteiger charge is -2.22. The van der Waals surface area contributed by atoms with Gasteiger partial charge in [0.25, 0.3) is 15.9 Å². The number of carbonyl (C=O) groups excluding carboxylic acids is 1. The van der Waals surface area contributed by atoms with Crippen molar-refractivity contribution in [1.29, 1.82) is 0 Å². The van der Waals surface area contributed by atoms with E-state index in [1.165, 1.54) is 23.5 Å². The van der Waals surface area contributed by atoms with E-state index >= 15 is 0 Å². The molecule has 3 aromatic rings. The quantitative estimate of drug-likeness (QED) is 0.546. The van der Waals surface area contributed by atoms with Crippen molar-refractivity contribution in [2.45, 2.75) is 18.2 Å². The summed E-state index contributed by atoms with van der Waals surface area (Å²) in [6, 6.07) is 25.1. The van der Waals surface area contributed by atoms with Crippen molar-refractivity contribution >= 4 is 21.6 Å². The molecule has 0 aliphatic heterocycles. The molecular formula is C24H26N2O3S. The number of para-hydroxylation sites is 1. The monoisotopic (exact) mass is 422 g/mol. The number of anilines is 1. The van der Waals surface area contributed by atoms with Gasteiger partial charge in [0.2, 0.25) is 0 Å². The molecule has 0 spiro atoms. The zero-order chi connectivity index (χ0) is 21.6. The van der Waals surface area contributed by atoms with Crippen LogP contribution in [0.2, 0.25) is 0 Å². The summed E-state index contributed by atoms with van der Waals surface area (Å²) in [5.41, 5.74) is 2.09. The van der Waals surface area contributed by atoms with Gasteiger partial charge in [-0.2, -0.15) is 0 Å². The van der Waals surface area contributed by atoms with E-state index in [0.717, 1.165) is 12.0 Å². The maximum absolute atomic E-state index is 13.1. The molecule has 0 N–H and O–H groups in total. The van der Waals surface area contributed by atoms with Gasteiger partial charge in [0, 0.05) is 25.7 Å². The third-order valence-corrected chi connectivity index (χ3v) is 6.82. The Bertz CT molecular complexity index is 1080. The lowest BCUT2D eigenvalue weighted by atomic mass is 10.1. The van der Waals surface area contributed by atoms with Crippen LogP contribution in [0.25, 0.3) is 0 Å². The van der Waals surface area contributed by atoms with E-state index in [-0.39, 0.29) is 10.8 Å². The highest BCUT2D eigenvalue weighted by Crippen LogP contribution is 2.22. The molecule has 0 atom stereocenters. The van der Waals surface area contributed by atoms with E-state index in [2.05, 4.69) is 0 Å². The van der Waals surface area contributed by atoms with Crippen molar-refractivity contribution in [2.75, 3.05) is 24.4 Å². The molecule has 156 valence electrons. The van der Waals surface area contributed by atoms with Gasteiger partial charge in [-0.15, -0.1) is 0 Å². The molecule has 0 heterocycles. The van der Waals surface area contributed by atoms with E-state index in [9.17, 15) is 13.2 Å². The molecule has 3 rings (SSSR count). The summed E-state index contributed by atoms with van der Waals surface area (Å²) in [5, 5.41) is 0. The first-order chi connectivity index (χ1) is 14.4. The van der Waals surface area contributed by atoms with Gasteiger partial charge >= 0.3 is 0 Å². The zero-order valence-corrected chi connectivity index (χ0v) is 18.0. The lowest BCUT2D eigenvalue weighted by Crippen LogP contribution is -2.33.